The van der Waals surface area contributed by atoms with Crippen LogP contribution in [0.5, 0.6) is 0 Å². The Hall–Kier alpha value is -1.93. The van der Waals surface area contributed by atoms with Crippen molar-refractivity contribution in [2.24, 2.45) is 0 Å². The van der Waals surface area contributed by atoms with Gasteiger partial charge in [-0.15, -0.1) is 11.3 Å². The second-order valence-electron chi connectivity index (χ2n) is 7.11. The highest BCUT2D eigenvalue weighted by Gasteiger charge is 2.30. The summed E-state index contributed by atoms with van der Waals surface area (Å²) in [5.74, 6) is 0. The molecule has 0 radical (unpaired) electrons. The quantitative estimate of drug-likeness (QED) is 0.588. The summed E-state index contributed by atoms with van der Waals surface area (Å²) in [5.41, 5.74) is 3.54. The van der Waals surface area contributed by atoms with E-state index < -0.39 is 10.0 Å². The van der Waals surface area contributed by atoms with Crippen LogP contribution in [-0.2, 0) is 16.4 Å². The van der Waals surface area contributed by atoms with E-state index in [1.807, 2.05) is 0 Å². The van der Waals surface area contributed by atoms with Gasteiger partial charge in [-0.1, -0.05) is 53.6 Å². The number of aryl methyl sites for hydroxylation is 1. The fourth-order valence-corrected chi connectivity index (χ4v) is 6.26. The Morgan fingerprint density at radius 2 is 1.83 bits per heavy atom. The number of halogens is 1. The highest BCUT2D eigenvalue weighted by molar-refractivity contribution is 7.89. The molecule has 4 rings (SSSR count). The summed E-state index contributed by atoms with van der Waals surface area (Å²) in [6, 6.07) is 15.0. The zero-order valence-corrected chi connectivity index (χ0v) is 18.5. The van der Waals surface area contributed by atoms with Gasteiger partial charge in [0, 0.05) is 38.0 Å². The minimum absolute atomic E-state index is 0.171. The fourth-order valence-electron chi connectivity index (χ4n) is 3.47. The van der Waals surface area contributed by atoms with Crippen LogP contribution in [0.4, 0.5) is 5.13 Å². The van der Waals surface area contributed by atoms with Gasteiger partial charge in [-0.05, 0) is 24.6 Å². The van der Waals surface area contributed by atoms with Gasteiger partial charge in [0.1, 0.15) is 4.90 Å². The van der Waals surface area contributed by atoms with Crippen LogP contribution in [0.3, 0.4) is 0 Å². The van der Waals surface area contributed by atoms with Crippen LogP contribution in [0.25, 0.3) is 0 Å². The van der Waals surface area contributed by atoms with Gasteiger partial charge in [0.25, 0.3) is 0 Å². The third kappa shape index (κ3) is 4.48. The molecule has 0 bridgehead atoms. The van der Waals surface area contributed by atoms with Gasteiger partial charge in [-0.25, -0.2) is 13.4 Å². The SMILES string of the molecule is Cc1cccc(Cc2csc(N3CCN(S(=O)(=O)c4ccccc4Cl)CC3)n2)c1. The zero-order chi connectivity index (χ0) is 20.4. The normalized spacial score (nSPS) is 15.6. The number of thiazole rings is 1. The first-order valence-electron chi connectivity index (χ1n) is 9.43. The second-order valence-corrected chi connectivity index (χ2v) is 10.3. The van der Waals surface area contributed by atoms with Crippen LogP contribution in [-0.4, -0.2) is 43.9 Å². The van der Waals surface area contributed by atoms with Crippen molar-refractivity contribution in [3.05, 3.63) is 75.8 Å². The van der Waals surface area contributed by atoms with E-state index in [9.17, 15) is 8.42 Å². The van der Waals surface area contributed by atoms with E-state index in [1.54, 1.807) is 35.6 Å². The Labute approximate surface area is 180 Å². The van der Waals surface area contributed by atoms with Gasteiger partial charge >= 0.3 is 0 Å². The van der Waals surface area contributed by atoms with E-state index >= 15 is 0 Å². The van der Waals surface area contributed by atoms with Gasteiger partial charge in [0.05, 0.1) is 10.7 Å². The Balaban J connectivity index is 1.41. The minimum Gasteiger partial charge on any atom is -0.345 e. The molecule has 2 heterocycles. The van der Waals surface area contributed by atoms with E-state index in [1.165, 1.54) is 15.4 Å². The summed E-state index contributed by atoms with van der Waals surface area (Å²) in [6.45, 7) is 4.15. The van der Waals surface area contributed by atoms with Crippen molar-refractivity contribution in [1.82, 2.24) is 9.29 Å². The number of hydrogen-bond donors (Lipinski definition) is 0. The Bertz CT molecular complexity index is 1110. The third-order valence-corrected chi connectivity index (χ3v) is 8.32. The van der Waals surface area contributed by atoms with E-state index in [0.717, 1.165) is 17.2 Å². The lowest BCUT2D eigenvalue weighted by atomic mass is 10.1. The molecule has 0 amide bonds. The van der Waals surface area contributed by atoms with Crippen molar-refractivity contribution in [2.75, 3.05) is 31.1 Å². The van der Waals surface area contributed by atoms with Crippen LogP contribution in [0.15, 0.2) is 58.8 Å². The van der Waals surface area contributed by atoms with Crippen molar-refractivity contribution >= 4 is 38.1 Å². The molecule has 3 aromatic rings. The van der Waals surface area contributed by atoms with Crippen LogP contribution in [0, 0.1) is 6.92 Å². The molecule has 0 aliphatic carbocycles. The van der Waals surface area contributed by atoms with E-state index in [2.05, 4.69) is 41.5 Å². The van der Waals surface area contributed by atoms with Crippen LogP contribution >= 0.6 is 22.9 Å². The number of sulfonamides is 1. The monoisotopic (exact) mass is 447 g/mol. The molecule has 0 saturated carbocycles. The average Bonchev–Trinajstić information content (AvgIpc) is 3.17. The molecule has 29 heavy (non-hydrogen) atoms. The maximum absolute atomic E-state index is 12.9. The van der Waals surface area contributed by atoms with Crippen LogP contribution < -0.4 is 4.90 Å². The maximum Gasteiger partial charge on any atom is 0.244 e. The fraction of sp³-hybridized carbons (Fsp3) is 0.286. The molecular formula is C21H22ClN3O2S2. The van der Waals surface area contributed by atoms with E-state index in [0.29, 0.717) is 26.2 Å². The first-order valence-corrected chi connectivity index (χ1v) is 12.1. The Morgan fingerprint density at radius 3 is 2.55 bits per heavy atom. The number of piperazine rings is 1. The summed E-state index contributed by atoms with van der Waals surface area (Å²) in [5, 5.41) is 3.29. The molecule has 1 aromatic heterocycles. The van der Waals surface area contributed by atoms with Gasteiger partial charge in [-0.3, -0.25) is 0 Å². The molecule has 152 valence electrons. The number of hydrogen-bond acceptors (Lipinski definition) is 5. The molecule has 5 nitrogen and oxygen atoms in total. The summed E-state index contributed by atoms with van der Waals surface area (Å²) in [6.07, 6.45) is 0.805. The van der Waals surface area contributed by atoms with Crippen molar-refractivity contribution in [3.8, 4) is 0 Å². The molecule has 1 fully saturated rings. The molecule has 0 N–H and O–H groups in total. The van der Waals surface area contributed by atoms with Crippen molar-refractivity contribution in [2.45, 2.75) is 18.2 Å². The molecule has 0 spiro atoms. The third-order valence-electron chi connectivity index (χ3n) is 4.97. The van der Waals surface area contributed by atoms with E-state index in [4.69, 9.17) is 16.6 Å². The first kappa shape index (κ1) is 20.3. The molecule has 1 saturated heterocycles. The summed E-state index contributed by atoms with van der Waals surface area (Å²) < 4.78 is 27.3. The highest BCUT2D eigenvalue weighted by atomic mass is 35.5. The summed E-state index contributed by atoms with van der Waals surface area (Å²) in [4.78, 5) is 7.10. The highest BCUT2D eigenvalue weighted by Crippen LogP contribution is 2.27. The van der Waals surface area contributed by atoms with Crippen molar-refractivity contribution < 1.29 is 8.42 Å². The lowest BCUT2D eigenvalue weighted by Crippen LogP contribution is -2.48. The number of benzene rings is 2. The van der Waals surface area contributed by atoms with Gasteiger partial charge < -0.3 is 4.90 Å². The molecule has 0 atom stereocenters. The molecule has 1 aliphatic rings. The first-order chi connectivity index (χ1) is 13.9. The zero-order valence-electron chi connectivity index (χ0n) is 16.1. The van der Waals surface area contributed by atoms with Gasteiger partial charge in [0.15, 0.2) is 5.13 Å². The summed E-state index contributed by atoms with van der Waals surface area (Å²) in [7, 11) is -3.58. The molecular weight excluding hydrogens is 426 g/mol. The number of nitrogens with zero attached hydrogens (tertiary/aromatic N) is 3. The average molecular weight is 448 g/mol. The predicted octanol–water partition coefficient (Wildman–Crippen LogP) is 4.21. The van der Waals surface area contributed by atoms with E-state index in [-0.39, 0.29) is 9.92 Å². The standard InChI is InChI=1S/C21H22ClN3O2S2/c1-16-5-4-6-17(13-16)14-18-15-28-21(23-18)24-9-11-25(12-10-24)29(26,27)20-8-3-2-7-19(20)22/h2-8,13,15H,9-12,14H2,1H3. The number of rotatable bonds is 5. The Morgan fingerprint density at radius 1 is 1.07 bits per heavy atom. The van der Waals surface area contributed by atoms with Gasteiger partial charge in [0.2, 0.25) is 10.0 Å². The maximum atomic E-state index is 12.9. The lowest BCUT2D eigenvalue weighted by molar-refractivity contribution is 0.384. The minimum atomic E-state index is -3.58. The predicted molar refractivity (Wildman–Crippen MR) is 119 cm³/mol. The molecule has 8 heteroatoms. The Kier molecular flexibility index (Phi) is 5.92. The van der Waals surface area contributed by atoms with Crippen LogP contribution in [0.2, 0.25) is 5.02 Å². The lowest BCUT2D eigenvalue weighted by Gasteiger charge is -2.33. The smallest absolute Gasteiger partial charge is 0.244 e. The van der Waals surface area contributed by atoms with Crippen molar-refractivity contribution in [3.63, 3.8) is 0 Å². The van der Waals surface area contributed by atoms with Crippen LogP contribution in [0.1, 0.15) is 16.8 Å². The largest absolute Gasteiger partial charge is 0.345 e. The molecule has 0 unspecified atom stereocenters. The second kappa shape index (κ2) is 8.44. The number of aromatic nitrogens is 1. The summed E-state index contributed by atoms with van der Waals surface area (Å²) >= 11 is 7.72. The topological polar surface area (TPSA) is 53.5 Å². The molecule has 1 aliphatic heterocycles. The molecule has 2 aromatic carbocycles. The van der Waals surface area contributed by atoms with Gasteiger partial charge in [-0.2, -0.15) is 4.31 Å². The van der Waals surface area contributed by atoms with Crippen molar-refractivity contribution in [1.29, 1.82) is 0 Å². The number of anilines is 1.